The van der Waals surface area contributed by atoms with Crippen LogP contribution in [0.2, 0.25) is 0 Å². The number of anilines is 1. The van der Waals surface area contributed by atoms with Gasteiger partial charge >= 0.3 is 0 Å². The zero-order valence-corrected chi connectivity index (χ0v) is 9.82. The van der Waals surface area contributed by atoms with Crippen LogP contribution in [-0.4, -0.2) is 25.6 Å². The van der Waals surface area contributed by atoms with Gasteiger partial charge in [0, 0.05) is 11.8 Å². The molecule has 1 aromatic rings. The van der Waals surface area contributed by atoms with Crippen LogP contribution in [0.25, 0.3) is 0 Å². The molecule has 0 spiro atoms. The van der Waals surface area contributed by atoms with E-state index in [0.29, 0.717) is 18.8 Å². The van der Waals surface area contributed by atoms with Crippen molar-refractivity contribution in [2.45, 2.75) is 6.92 Å². The summed E-state index contributed by atoms with van der Waals surface area (Å²) in [7, 11) is 0. The molecule has 1 aromatic carbocycles. The average molecular weight is 232 g/mol. The highest BCUT2D eigenvalue weighted by Gasteiger charge is 2.02. The van der Waals surface area contributed by atoms with E-state index in [1.54, 1.807) is 6.07 Å². The molecule has 4 heteroatoms. The Morgan fingerprint density at radius 3 is 3.06 bits per heavy atom. The number of amides is 1. The van der Waals surface area contributed by atoms with Crippen molar-refractivity contribution in [1.82, 2.24) is 5.32 Å². The Balaban J connectivity index is 2.47. The molecule has 17 heavy (non-hydrogen) atoms. The monoisotopic (exact) mass is 232 g/mol. The van der Waals surface area contributed by atoms with Crippen molar-refractivity contribution in [2.75, 3.05) is 25.0 Å². The number of carbonyl (C=O) groups is 1. The van der Waals surface area contributed by atoms with Crippen molar-refractivity contribution in [3.63, 3.8) is 0 Å². The fourth-order valence-electron chi connectivity index (χ4n) is 1.28. The maximum atomic E-state index is 11.5. The zero-order chi connectivity index (χ0) is 12.5. The third-order valence-electron chi connectivity index (χ3n) is 1.94. The number of carbonyl (C=O) groups excluding carboxylic acids is 1. The molecule has 1 rings (SSSR count). The van der Waals surface area contributed by atoms with E-state index in [2.05, 4.69) is 16.6 Å². The van der Waals surface area contributed by atoms with Crippen LogP contribution < -0.4 is 15.4 Å². The maximum absolute atomic E-state index is 11.5. The Kier molecular flexibility index (Phi) is 5.62. The standard InChI is InChI=1S/C13H16N2O2/c1-3-8-14-10-13(16)15-11-6-5-7-12(9-11)17-4-2/h1,5-7,9,14H,4,8,10H2,2H3,(H,15,16). The molecule has 0 saturated heterocycles. The van der Waals surface area contributed by atoms with E-state index in [4.69, 9.17) is 11.2 Å². The molecule has 0 aliphatic carbocycles. The molecule has 0 radical (unpaired) electrons. The first kappa shape index (κ1) is 13.1. The summed E-state index contributed by atoms with van der Waals surface area (Å²) in [5, 5.41) is 5.57. The Hall–Kier alpha value is -1.99. The van der Waals surface area contributed by atoms with Gasteiger partial charge in [0.1, 0.15) is 5.75 Å². The smallest absolute Gasteiger partial charge is 0.238 e. The normalized spacial score (nSPS) is 9.41. The van der Waals surface area contributed by atoms with Gasteiger partial charge in [0.05, 0.1) is 19.7 Å². The minimum atomic E-state index is -0.131. The highest BCUT2D eigenvalue weighted by atomic mass is 16.5. The molecule has 0 atom stereocenters. The zero-order valence-electron chi connectivity index (χ0n) is 9.82. The first-order valence-electron chi connectivity index (χ1n) is 5.43. The summed E-state index contributed by atoms with van der Waals surface area (Å²) in [5.74, 6) is 3.01. The van der Waals surface area contributed by atoms with Crippen molar-refractivity contribution in [3.8, 4) is 18.1 Å². The fraction of sp³-hybridized carbons (Fsp3) is 0.308. The van der Waals surface area contributed by atoms with Crippen LogP contribution in [0.5, 0.6) is 5.75 Å². The van der Waals surface area contributed by atoms with Crippen LogP contribution >= 0.6 is 0 Å². The van der Waals surface area contributed by atoms with Crippen LogP contribution in [-0.2, 0) is 4.79 Å². The molecule has 0 aliphatic rings. The lowest BCUT2D eigenvalue weighted by Gasteiger charge is -2.07. The lowest BCUT2D eigenvalue weighted by Crippen LogP contribution is -2.28. The minimum absolute atomic E-state index is 0.131. The van der Waals surface area contributed by atoms with Crippen molar-refractivity contribution in [3.05, 3.63) is 24.3 Å². The number of rotatable bonds is 6. The Morgan fingerprint density at radius 2 is 2.35 bits per heavy atom. The van der Waals surface area contributed by atoms with Gasteiger partial charge in [0.15, 0.2) is 0 Å². The summed E-state index contributed by atoms with van der Waals surface area (Å²) in [5.41, 5.74) is 0.712. The second-order valence-electron chi connectivity index (χ2n) is 3.32. The van der Waals surface area contributed by atoms with E-state index < -0.39 is 0 Å². The predicted octanol–water partition coefficient (Wildman–Crippen LogP) is 1.25. The highest BCUT2D eigenvalue weighted by Crippen LogP contribution is 2.16. The molecule has 1 amide bonds. The van der Waals surface area contributed by atoms with E-state index >= 15 is 0 Å². The quantitative estimate of drug-likeness (QED) is 0.573. The molecule has 4 nitrogen and oxygen atoms in total. The number of nitrogens with one attached hydrogen (secondary N) is 2. The van der Waals surface area contributed by atoms with Gasteiger partial charge in [-0.25, -0.2) is 0 Å². The fourth-order valence-corrected chi connectivity index (χ4v) is 1.28. The van der Waals surface area contributed by atoms with Gasteiger partial charge < -0.3 is 10.1 Å². The molecule has 0 saturated carbocycles. The molecule has 2 N–H and O–H groups in total. The summed E-state index contributed by atoms with van der Waals surface area (Å²) in [6.45, 7) is 3.09. The first-order valence-corrected chi connectivity index (χ1v) is 5.43. The van der Waals surface area contributed by atoms with Gasteiger partial charge in [-0.2, -0.15) is 0 Å². The summed E-state index contributed by atoms with van der Waals surface area (Å²) >= 11 is 0. The van der Waals surface area contributed by atoms with Crippen molar-refractivity contribution in [1.29, 1.82) is 0 Å². The van der Waals surface area contributed by atoms with E-state index in [9.17, 15) is 4.79 Å². The summed E-state index contributed by atoms with van der Waals surface area (Å²) < 4.78 is 5.33. The van der Waals surface area contributed by atoms with Crippen molar-refractivity contribution >= 4 is 11.6 Å². The van der Waals surface area contributed by atoms with Gasteiger partial charge in [-0.15, -0.1) is 6.42 Å². The number of terminal acetylenes is 1. The molecular formula is C13H16N2O2. The Labute approximate surface area is 101 Å². The van der Waals surface area contributed by atoms with E-state index in [0.717, 1.165) is 5.75 Å². The summed E-state index contributed by atoms with van der Waals surface area (Å²) in [6.07, 6.45) is 5.06. The second-order valence-corrected chi connectivity index (χ2v) is 3.32. The van der Waals surface area contributed by atoms with E-state index in [1.807, 2.05) is 25.1 Å². The summed E-state index contributed by atoms with van der Waals surface area (Å²) in [4.78, 5) is 11.5. The highest BCUT2D eigenvalue weighted by molar-refractivity contribution is 5.92. The predicted molar refractivity (Wildman–Crippen MR) is 67.9 cm³/mol. The van der Waals surface area contributed by atoms with Crippen LogP contribution in [0, 0.1) is 12.3 Å². The molecule has 0 aliphatic heterocycles. The molecular weight excluding hydrogens is 216 g/mol. The largest absolute Gasteiger partial charge is 0.494 e. The number of hydrogen-bond acceptors (Lipinski definition) is 3. The van der Waals surface area contributed by atoms with Crippen LogP contribution in [0.3, 0.4) is 0 Å². The van der Waals surface area contributed by atoms with Crippen molar-refractivity contribution < 1.29 is 9.53 Å². The molecule has 90 valence electrons. The van der Waals surface area contributed by atoms with Gasteiger partial charge in [-0.3, -0.25) is 10.1 Å². The van der Waals surface area contributed by atoms with Gasteiger partial charge in [-0.05, 0) is 19.1 Å². The molecule has 0 unspecified atom stereocenters. The van der Waals surface area contributed by atoms with Crippen LogP contribution in [0.4, 0.5) is 5.69 Å². The third kappa shape index (κ3) is 5.05. The third-order valence-corrected chi connectivity index (χ3v) is 1.94. The topological polar surface area (TPSA) is 50.4 Å². The number of ether oxygens (including phenoxy) is 1. The number of hydrogen-bond donors (Lipinski definition) is 2. The molecule has 0 fully saturated rings. The SMILES string of the molecule is C#CCNCC(=O)Nc1cccc(OCC)c1. The van der Waals surface area contributed by atoms with Gasteiger partial charge in [0.2, 0.25) is 5.91 Å². The average Bonchev–Trinajstić information content (AvgIpc) is 2.30. The Morgan fingerprint density at radius 1 is 1.53 bits per heavy atom. The van der Waals surface area contributed by atoms with Gasteiger partial charge in [0.25, 0.3) is 0 Å². The second kappa shape index (κ2) is 7.31. The van der Waals surface area contributed by atoms with E-state index in [1.165, 1.54) is 0 Å². The molecule has 0 bridgehead atoms. The molecule has 0 aromatic heterocycles. The van der Waals surface area contributed by atoms with E-state index in [-0.39, 0.29) is 12.5 Å². The first-order chi connectivity index (χ1) is 8.26. The number of benzene rings is 1. The van der Waals surface area contributed by atoms with Crippen LogP contribution in [0.15, 0.2) is 24.3 Å². The van der Waals surface area contributed by atoms with Crippen molar-refractivity contribution in [2.24, 2.45) is 0 Å². The van der Waals surface area contributed by atoms with Crippen LogP contribution in [0.1, 0.15) is 6.92 Å². The lowest BCUT2D eigenvalue weighted by molar-refractivity contribution is -0.115. The lowest BCUT2D eigenvalue weighted by atomic mass is 10.3. The Bertz CT molecular complexity index is 410. The maximum Gasteiger partial charge on any atom is 0.238 e. The van der Waals surface area contributed by atoms with Gasteiger partial charge in [-0.1, -0.05) is 12.0 Å². The summed E-state index contributed by atoms with van der Waals surface area (Å²) in [6, 6.07) is 7.26. The molecule has 0 heterocycles. The minimum Gasteiger partial charge on any atom is -0.494 e.